The van der Waals surface area contributed by atoms with Crippen molar-refractivity contribution in [2.45, 2.75) is 30.8 Å². The first-order chi connectivity index (χ1) is 9.76. The molecule has 0 aromatic carbocycles. The van der Waals surface area contributed by atoms with Crippen LogP contribution in [0.3, 0.4) is 0 Å². The summed E-state index contributed by atoms with van der Waals surface area (Å²) >= 11 is 1.43. The van der Waals surface area contributed by atoms with Gasteiger partial charge >= 0.3 is 0 Å². The average molecular weight is 328 g/mol. The van der Waals surface area contributed by atoms with Crippen LogP contribution in [0.2, 0.25) is 0 Å². The summed E-state index contributed by atoms with van der Waals surface area (Å²) in [6.45, 7) is 4.23. The molecule has 0 saturated heterocycles. The molecule has 0 bridgehead atoms. The molecule has 0 amide bonds. The molecule has 6 nitrogen and oxygen atoms in total. The standard InChI is InChI=1S/C13H20N4O2S2/c1-13(2,12-15-5-6-20-12)16-21(18,19)11-7-10(8-14-3)17(4)9-11/h5-7,9,14,16H,8H2,1-4H3. The molecule has 0 atom stereocenters. The molecule has 2 aromatic rings. The van der Waals surface area contributed by atoms with Gasteiger partial charge in [-0.1, -0.05) is 0 Å². The lowest BCUT2D eigenvalue weighted by Crippen LogP contribution is -2.40. The SMILES string of the molecule is CNCc1cc(S(=O)(=O)NC(C)(C)c2nccs2)cn1C. The maximum atomic E-state index is 12.5. The highest BCUT2D eigenvalue weighted by atomic mass is 32.2. The van der Waals surface area contributed by atoms with E-state index in [4.69, 9.17) is 0 Å². The number of rotatable bonds is 6. The van der Waals surface area contributed by atoms with Gasteiger partial charge in [0.25, 0.3) is 0 Å². The molecule has 0 fully saturated rings. The fraction of sp³-hybridized carbons (Fsp3) is 0.462. The summed E-state index contributed by atoms with van der Waals surface area (Å²) in [6, 6.07) is 1.68. The van der Waals surface area contributed by atoms with Crippen molar-refractivity contribution in [1.29, 1.82) is 0 Å². The summed E-state index contributed by atoms with van der Waals surface area (Å²) in [4.78, 5) is 4.46. The minimum absolute atomic E-state index is 0.264. The van der Waals surface area contributed by atoms with Crippen molar-refractivity contribution in [3.8, 4) is 0 Å². The lowest BCUT2D eigenvalue weighted by molar-refractivity contribution is 0.470. The van der Waals surface area contributed by atoms with Gasteiger partial charge in [0.05, 0.1) is 10.4 Å². The van der Waals surface area contributed by atoms with Gasteiger partial charge in [-0.25, -0.2) is 13.4 Å². The molecular weight excluding hydrogens is 308 g/mol. The summed E-state index contributed by atoms with van der Waals surface area (Å²) < 4.78 is 29.6. The third-order valence-corrected chi connectivity index (χ3v) is 5.83. The Morgan fingerprint density at radius 2 is 2.14 bits per heavy atom. The number of nitrogens with zero attached hydrogens (tertiary/aromatic N) is 2. The molecule has 0 spiro atoms. The molecule has 2 heterocycles. The lowest BCUT2D eigenvalue weighted by Gasteiger charge is -2.23. The minimum atomic E-state index is -3.60. The van der Waals surface area contributed by atoms with Crippen LogP contribution >= 0.6 is 11.3 Å². The second-order valence-corrected chi connectivity index (χ2v) is 7.95. The van der Waals surface area contributed by atoms with Crippen LogP contribution in [-0.2, 0) is 29.2 Å². The first-order valence-corrected chi connectivity index (χ1v) is 8.86. The first kappa shape index (κ1) is 16.2. The van der Waals surface area contributed by atoms with E-state index in [9.17, 15) is 8.42 Å². The summed E-state index contributed by atoms with van der Waals surface area (Å²) in [7, 11) is 0.0595. The Morgan fingerprint density at radius 3 is 2.71 bits per heavy atom. The van der Waals surface area contributed by atoms with E-state index < -0.39 is 15.6 Å². The number of aryl methyl sites for hydroxylation is 1. The second kappa shape index (κ2) is 5.88. The van der Waals surface area contributed by atoms with Crippen molar-refractivity contribution in [3.63, 3.8) is 0 Å². The van der Waals surface area contributed by atoms with Crippen molar-refractivity contribution in [1.82, 2.24) is 19.6 Å². The van der Waals surface area contributed by atoms with E-state index in [0.29, 0.717) is 6.54 Å². The zero-order chi connectivity index (χ0) is 15.7. The molecule has 0 aliphatic rings. The summed E-state index contributed by atoms with van der Waals surface area (Å²) in [5, 5.41) is 5.58. The molecule has 8 heteroatoms. The van der Waals surface area contributed by atoms with Crippen molar-refractivity contribution in [2.24, 2.45) is 7.05 Å². The van der Waals surface area contributed by atoms with Gasteiger partial charge in [0.1, 0.15) is 5.01 Å². The monoisotopic (exact) mass is 328 g/mol. The van der Waals surface area contributed by atoms with Crippen LogP contribution in [0.4, 0.5) is 0 Å². The van der Waals surface area contributed by atoms with Gasteiger partial charge in [-0.3, -0.25) is 0 Å². The molecule has 0 radical (unpaired) electrons. The van der Waals surface area contributed by atoms with Crippen molar-refractivity contribution >= 4 is 21.4 Å². The molecule has 21 heavy (non-hydrogen) atoms. The molecule has 0 unspecified atom stereocenters. The van der Waals surface area contributed by atoms with E-state index in [1.165, 1.54) is 11.3 Å². The highest BCUT2D eigenvalue weighted by Crippen LogP contribution is 2.25. The Balaban J connectivity index is 2.28. The zero-order valence-corrected chi connectivity index (χ0v) is 14.2. The van der Waals surface area contributed by atoms with E-state index >= 15 is 0 Å². The van der Waals surface area contributed by atoms with Crippen LogP contribution in [0.1, 0.15) is 24.5 Å². The Hall–Kier alpha value is -1.22. The molecule has 0 aliphatic heterocycles. The summed E-state index contributed by atoms with van der Waals surface area (Å²) in [6.07, 6.45) is 3.29. The van der Waals surface area contributed by atoms with Crippen LogP contribution in [0.5, 0.6) is 0 Å². The van der Waals surface area contributed by atoms with Gasteiger partial charge in [-0.2, -0.15) is 4.72 Å². The Morgan fingerprint density at radius 1 is 1.43 bits per heavy atom. The van der Waals surface area contributed by atoms with Crippen LogP contribution in [0.15, 0.2) is 28.7 Å². The highest BCUT2D eigenvalue weighted by molar-refractivity contribution is 7.89. The van der Waals surface area contributed by atoms with Crippen molar-refractivity contribution < 1.29 is 8.42 Å². The number of nitrogens with one attached hydrogen (secondary N) is 2. The Labute approximate surface area is 129 Å². The van der Waals surface area contributed by atoms with Gasteiger partial charge < -0.3 is 9.88 Å². The molecule has 0 aliphatic carbocycles. The predicted octanol–water partition coefficient (Wildman–Crippen LogP) is 1.41. The first-order valence-electron chi connectivity index (χ1n) is 6.50. The summed E-state index contributed by atoms with van der Waals surface area (Å²) in [5.41, 5.74) is 0.163. The molecule has 2 N–H and O–H groups in total. The molecule has 2 rings (SSSR count). The normalized spacial score (nSPS) is 12.8. The van der Waals surface area contributed by atoms with Crippen LogP contribution in [0.25, 0.3) is 0 Å². The fourth-order valence-corrected chi connectivity index (χ4v) is 4.31. The molecular formula is C13H20N4O2S2. The van der Waals surface area contributed by atoms with Gasteiger partial charge in [0.2, 0.25) is 10.0 Å². The highest BCUT2D eigenvalue weighted by Gasteiger charge is 2.30. The molecule has 2 aromatic heterocycles. The number of hydrogen-bond acceptors (Lipinski definition) is 5. The quantitative estimate of drug-likeness (QED) is 0.841. The molecule has 116 valence electrons. The van der Waals surface area contributed by atoms with E-state index in [0.717, 1.165) is 10.7 Å². The number of thiazole rings is 1. The van der Waals surface area contributed by atoms with Gasteiger partial charge in [0, 0.05) is 37.1 Å². The Bertz CT molecular complexity index is 703. The van der Waals surface area contributed by atoms with E-state index in [1.807, 2.05) is 19.5 Å². The predicted molar refractivity (Wildman–Crippen MR) is 83.6 cm³/mol. The van der Waals surface area contributed by atoms with Gasteiger partial charge in [0.15, 0.2) is 0 Å². The van der Waals surface area contributed by atoms with Crippen LogP contribution in [-0.4, -0.2) is 25.0 Å². The topological polar surface area (TPSA) is 76.0 Å². The maximum Gasteiger partial charge on any atom is 0.242 e. The Kier molecular flexibility index (Phi) is 4.52. The molecule has 0 saturated carbocycles. The zero-order valence-electron chi connectivity index (χ0n) is 12.5. The minimum Gasteiger partial charge on any atom is -0.352 e. The third kappa shape index (κ3) is 3.52. The number of hydrogen-bond donors (Lipinski definition) is 2. The van der Waals surface area contributed by atoms with Crippen LogP contribution < -0.4 is 10.0 Å². The largest absolute Gasteiger partial charge is 0.352 e. The average Bonchev–Trinajstić information content (AvgIpc) is 2.99. The second-order valence-electron chi connectivity index (χ2n) is 5.38. The van der Waals surface area contributed by atoms with Crippen LogP contribution in [0, 0.1) is 0 Å². The fourth-order valence-electron chi connectivity index (χ4n) is 2.05. The number of aromatic nitrogens is 2. The summed E-state index contributed by atoms with van der Waals surface area (Å²) in [5.74, 6) is 0. The smallest absolute Gasteiger partial charge is 0.242 e. The van der Waals surface area contributed by atoms with Crippen molar-refractivity contribution in [3.05, 3.63) is 34.5 Å². The third-order valence-electron chi connectivity index (χ3n) is 3.11. The van der Waals surface area contributed by atoms with E-state index in [2.05, 4.69) is 15.0 Å². The number of sulfonamides is 1. The van der Waals surface area contributed by atoms with E-state index in [1.54, 1.807) is 36.9 Å². The lowest BCUT2D eigenvalue weighted by atomic mass is 10.1. The van der Waals surface area contributed by atoms with Crippen molar-refractivity contribution in [2.75, 3.05) is 7.05 Å². The van der Waals surface area contributed by atoms with Gasteiger partial charge in [-0.05, 0) is 27.0 Å². The maximum absolute atomic E-state index is 12.5. The van der Waals surface area contributed by atoms with Gasteiger partial charge in [-0.15, -0.1) is 11.3 Å². The van der Waals surface area contributed by atoms with E-state index in [-0.39, 0.29) is 4.90 Å².